The average molecular weight is 581 g/mol. The molecule has 0 aliphatic heterocycles. The molecule has 0 spiro atoms. The first kappa shape index (κ1) is 30.7. The molecule has 0 bridgehead atoms. The van der Waals surface area contributed by atoms with E-state index in [2.05, 4.69) is 20.9 Å². The van der Waals surface area contributed by atoms with E-state index in [1.54, 1.807) is 30.3 Å². The van der Waals surface area contributed by atoms with Crippen molar-refractivity contribution in [3.63, 3.8) is 0 Å². The number of benzene rings is 2. The summed E-state index contributed by atoms with van der Waals surface area (Å²) >= 11 is 5.60. The average Bonchev–Trinajstić information content (AvgIpc) is 2.92. The highest BCUT2D eigenvalue weighted by atomic mass is 35.5. The molecule has 0 saturated carbocycles. The highest BCUT2D eigenvalue weighted by molar-refractivity contribution is 6.31. The van der Waals surface area contributed by atoms with Gasteiger partial charge in [0.15, 0.2) is 0 Å². The summed E-state index contributed by atoms with van der Waals surface area (Å²) in [6.45, 7) is 4.30. The molecule has 1 aromatic heterocycles. The van der Waals surface area contributed by atoms with Gasteiger partial charge in [-0.2, -0.15) is 13.2 Å². The Balaban J connectivity index is 1.47. The molecule has 1 heterocycles. The van der Waals surface area contributed by atoms with E-state index < -0.39 is 22.8 Å². The number of aromatic nitrogens is 1. The second-order valence-electron chi connectivity index (χ2n) is 8.26. The van der Waals surface area contributed by atoms with E-state index in [0.717, 1.165) is 18.6 Å². The maximum atomic E-state index is 13.0. The van der Waals surface area contributed by atoms with Crippen LogP contribution >= 0.6 is 11.6 Å². The van der Waals surface area contributed by atoms with Gasteiger partial charge < -0.3 is 30.2 Å². The number of halogens is 4. The molecule has 9 nitrogen and oxygen atoms in total. The second-order valence-corrected chi connectivity index (χ2v) is 8.66. The molecule has 13 heteroatoms. The number of nitrogens with one attached hydrogen (secondary N) is 3. The van der Waals surface area contributed by atoms with Crippen LogP contribution in [0.4, 0.5) is 29.3 Å². The first-order valence-electron chi connectivity index (χ1n) is 12.3. The predicted octanol–water partition coefficient (Wildman–Crippen LogP) is 6.36. The molecule has 3 aromatic rings. The summed E-state index contributed by atoms with van der Waals surface area (Å²) in [6, 6.07) is 11.6. The van der Waals surface area contributed by atoms with Crippen LogP contribution in [0.5, 0.6) is 11.5 Å². The zero-order valence-corrected chi connectivity index (χ0v) is 22.3. The van der Waals surface area contributed by atoms with Gasteiger partial charge in [0.1, 0.15) is 17.2 Å². The van der Waals surface area contributed by atoms with Gasteiger partial charge in [0.05, 0.1) is 30.4 Å². The van der Waals surface area contributed by atoms with Crippen LogP contribution in [0.3, 0.4) is 0 Å². The van der Waals surface area contributed by atoms with Gasteiger partial charge in [0.2, 0.25) is 0 Å². The van der Waals surface area contributed by atoms with Crippen LogP contribution in [0.2, 0.25) is 5.02 Å². The normalized spacial score (nSPS) is 11.1. The number of alkyl halides is 3. The van der Waals surface area contributed by atoms with Gasteiger partial charge in [-0.25, -0.2) is 4.79 Å². The van der Waals surface area contributed by atoms with E-state index >= 15 is 0 Å². The fourth-order valence-corrected chi connectivity index (χ4v) is 3.47. The van der Waals surface area contributed by atoms with Crippen molar-refractivity contribution in [2.45, 2.75) is 19.5 Å². The van der Waals surface area contributed by atoms with Gasteiger partial charge in [-0.15, -0.1) is 0 Å². The third kappa shape index (κ3) is 10.0. The van der Waals surface area contributed by atoms with Crippen molar-refractivity contribution >= 4 is 34.9 Å². The van der Waals surface area contributed by atoms with Crippen LogP contribution in [0.1, 0.15) is 29.4 Å². The van der Waals surface area contributed by atoms with Crippen LogP contribution in [0.25, 0.3) is 0 Å². The largest absolute Gasteiger partial charge is 0.457 e. The van der Waals surface area contributed by atoms with Gasteiger partial charge in [0.25, 0.3) is 5.91 Å². The number of hydrogen-bond donors (Lipinski definition) is 3. The molecule has 0 unspecified atom stereocenters. The minimum atomic E-state index is -4.65. The van der Waals surface area contributed by atoms with E-state index in [-0.39, 0.29) is 17.3 Å². The lowest BCUT2D eigenvalue weighted by Crippen LogP contribution is -2.28. The van der Waals surface area contributed by atoms with E-state index in [1.807, 2.05) is 6.92 Å². The SMILES string of the molecule is CCCOCCOCCNC(=O)c1cc(Oc2ccc(NC(=O)Nc3ccc(Cl)c(C(F)(F)F)c3)cc2)ccn1. The summed E-state index contributed by atoms with van der Waals surface area (Å²) < 4.78 is 55.6. The standard InChI is InChI=1S/C27H28ClF3N4O5/c1-2-12-38-14-15-39-13-11-33-25(36)24-17-21(9-10-32-24)40-20-6-3-18(4-7-20)34-26(37)35-19-5-8-23(28)22(16-19)27(29,30)31/h3-10,16-17H,2,11-15H2,1H3,(H,33,36)(H2,34,35,37). The molecule has 0 radical (unpaired) electrons. The van der Waals surface area contributed by atoms with Crippen molar-refractivity contribution in [3.8, 4) is 11.5 Å². The Morgan fingerprint density at radius 1 is 0.875 bits per heavy atom. The number of anilines is 2. The smallest absolute Gasteiger partial charge is 0.417 e. The number of nitrogens with zero attached hydrogens (tertiary/aromatic N) is 1. The Hall–Kier alpha value is -3.87. The number of carbonyl (C=O) groups excluding carboxylic acids is 2. The molecule has 3 rings (SSSR count). The van der Waals surface area contributed by atoms with Gasteiger partial charge in [-0.3, -0.25) is 9.78 Å². The summed E-state index contributed by atoms with van der Waals surface area (Å²) in [4.78, 5) is 28.7. The molecule has 0 aliphatic rings. The maximum Gasteiger partial charge on any atom is 0.417 e. The van der Waals surface area contributed by atoms with Crippen molar-refractivity contribution in [1.82, 2.24) is 10.3 Å². The van der Waals surface area contributed by atoms with Gasteiger partial charge in [-0.05, 0) is 55.0 Å². The Bertz CT molecular complexity index is 1280. The van der Waals surface area contributed by atoms with Crippen molar-refractivity contribution in [1.29, 1.82) is 0 Å². The Labute approximate surface area is 234 Å². The molecule has 40 heavy (non-hydrogen) atoms. The quantitative estimate of drug-likeness (QED) is 0.203. The minimum absolute atomic E-state index is 0.0729. The minimum Gasteiger partial charge on any atom is -0.457 e. The number of ether oxygens (including phenoxy) is 3. The summed E-state index contributed by atoms with van der Waals surface area (Å²) in [5.41, 5.74) is -0.599. The first-order chi connectivity index (χ1) is 19.2. The number of urea groups is 1. The molecule has 0 aliphatic carbocycles. The third-order valence-corrected chi connectivity index (χ3v) is 5.42. The number of carbonyl (C=O) groups is 2. The number of rotatable bonds is 13. The highest BCUT2D eigenvalue weighted by Crippen LogP contribution is 2.36. The summed E-state index contributed by atoms with van der Waals surface area (Å²) in [6.07, 6.45) is -2.27. The van der Waals surface area contributed by atoms with Gasteiger partial charge in [0, 0.05) is 36.8 Å². The fraction of sp³-hybridized carbons (Fsp3) is 0.296. The molecule has 3 amide bonds. The lowest BCUT2D eigenvalue weighted by atomic mass is 10.2. The molecular weight excluding hydrogens is 553 g/mol. The summed E-state index contributed by atoms with van der Waals surface area (Å²) in [5.74, 6) is 0.394. The monoisotopic (exact) mass is 580 g/mol. The Morgan fingerprint density at radius 3 is 2.25 bits per heavy atom. The van der Waals surface area contributed by atoms with Crippen LogP contribution in [-0.4, -0.2) is 49.9 Å². The summed E-state index contributed by atoms with van der Waals surface area (Å²) in [7, 11) is 0. The lowest BCUT2D eigenvalue weighted by Gasteiger charge is -2.12. The van der Waals surface area contributed by atoms with E-state index in [9.17, 15) is 22.8 Å². The molecule has 0 saturated heterocycles. The zero-order valence-electron chi connectivity index (χ0n) is 21.5. The van der Waals surface area contributed by atoms with Gasteiger partial charge in [-0.1, -0.05) is 18.5 Å². The molecule has 214 valence electrons. The van der Waals surface area contributed by atoms with Gasteiger partial charge >= 0.3 is 12.2 Å². The van der Waals surface area contributed by atoms with E-state index in [1.165, 1.54) is 18.3 Å². The highest BCUT2D eigenvalue weighted by Gasteiger charge is 2.33. The van der Waals surface area contributed by atoms with Crippen LogP contribution in [-0.2, 0) is 15.7 Å². The number of amides is 3. The van der Waals surface area contributed by atoms with Crippen molar-refractivity contribution in [2.75, 3.05) is 43.6 Å². The Kier molecular flexibility index (Phi) is 11.5. The van der Waals surface area contributed by atoms with Crippen LogP contribution < -0.4 is 20.7 Å². The predicted molar refractivity (Wildman–Crippen MR) is 144 cm³/mol. The molecule has 2 aromatic carbocycles. The summed E-state index contributed by atoms with van der Waals surface area (Å²) in [5, 5.41) is 7.10. The topological polar surface area (TPSA) is 111 Å². The van der Waals surface area contributed by atoms with Crippen molar-refractivity contribution < 1.29 is 37.0 Å². The zero-order chi connectivity index (χ0) is 29.0. The molecule has 3 N–H and O–H groups in total. The third-order valence-electron chi connectivity index (χ3n) is 5.09. The van der Waals surface area contributed by atoms with Crippen molar-refractivity contribution in [2.24, 2.45) is 0 Å². The molecule has 0 fully saturated rings. The fourth-order valence-electron chi connectivity index (χ4n) is 3.25. The number of hydrogen-bond acceptors (Lipinski definition) is 6. The maximum absolute atomic E-state index is 13.0. The van der Waals surface area contributed by atoms with Crippen molar-refractivity contribution in [3.05, 3.63) is 77.1 Å². The lowest BCUT2D eigenvalue weighted by molar-refractivity contribution is -0.137. The number of pyridine rings is 1. The van der Waals surface area contributed by atoms with E-state index in [4.69, 9.17) is 25.8 Å². The van der Waals surface area contributed by atoms with E-state index in [0.29, 0.717) is 50.2 Å². The van der Waals surface area contributed by atoms with Crippen LogP contribution in [0, 0.1) is 0 Å². The second kappa shape index (κ2) is 15.1. The van der Waals surface area contributed by atoms with Crippen LogP contribution in [0.15, 0.2) is 60.8 Å². The first-order valence-corrected chi connectivity index (χ1v) is 12.7. The molecular formula is C27H28ClF3N4O5. The Morgan fingerprint density at radius 2 is 1.55 bits per heavy atom. The molecule has 0 atom stereocenters.